The van der Waals surface area contributed by atoms with Crippen molar-refractivity contribution in [2.45, 2.75) is 12.6 Å². The molecule has 2 heterocycles. The second-order valence-electron chi connectivity index (χ2n) is 7.11. The number of hydrogen-bond donors (Lipinski definition) is 0. The van der Waals surface area contributed by atoms with Gasteiger partial charge in [-0.05, 0) is 42.0 Å². The fraction of sp³-hybridized carbons (Fsp3) is 0.273. The lowest BCUT2D eigenvalue weighted by Gasteiger charge is -2.43. The molecule has 0 spiro atoms. The molecule has 1 fully saturated rings. The quantitative estimate of drug-likeness (QED) is 0.597. The van der Waals surface area contributed by atoms with E-state index in [4.69, 9.17) is 28.5 Å². The van der Waals surface area contributed by atoms with Crippen LogP contribution in [0.15, 0.2) is 60.9 Å². The van der Waals surface area contributed by atoms with Gasteiger partial charge in [-0.25, -0.2) is 0 Å². The zero-order valence-electron chi connectivity index (χ0n) is 15.9. The van der Waals surface area contributed by atoms with Crippen LogP contribution in [0, 0.1) is 11.3 Å². The number of piperazine rings is 1. The smallest absolute Gasteiger partial charge is 0.0992 e. The number of hydrogen-bond acceptors (Lipinski definition) is 4. The summed E-state index contributed by atoms with van der Waals surface area (Å²) in [5, 5.41) is 14.8. The molecule has 1 saturated heterocycles. The lowest BCUT2D eigenvalue weighted by atomic mass is 10.0. The largest absolute Gasteiger partial charge is 0.361 e. The first-order valence-corrected chi connectivity index (χ1v) is 10.3. The highest BCUT2D eigenvalue weighted by molar-refractivity contribution is 6.33. The van der Waals surface area contributed by atoms with Crippen LogP contribution in [-0.2, 0) is 6.54 Å². The molecule has 0 unspecified atom stereocenters. The van der Waals surface area contributed by atoms with Gasteiger partial charge in [0.15, 0.2) is 0 Å². The standard InChI is InChI=1S/C22H21Cl2N5/c23-19-5-3-18(4-6-19)22-16-27(10-12-28-9-1-8-26-28)11-13-29(22)21-7-2-17(15-25)14-20(21)24/h1-9,14,22H,10-13,16H2/t22-/m0/s1. The summed E-state index contributed by atoms with van der Waals surface area (Å²) < 4.78 is 1.96. The molecular formula is C22H21Cl2N5. The van der Waals surface area contributed by atoms with Gasteiger partial charge in [0.25, 0.3) is 0 Å². The van der Waals surface area contributed by atoms with Gasteiger partial charge in [0.1, 0.15) is 0 Å². The van der Waals surface area contributed by atoms with Crippen molar-refractivity contribution in [1.29, 1.82) is 5.26 Å². The predicted molar refractivity (Wildman–Crippen MR) is 116 cm³/mol. The number of halogens is 2. The number of aromatic nitrogens is 2. The molecule has 1 atom stereocenters. The Morgan fingerprint density at radius 1 is 1.07 bits per heavy atom. The highest BCUT2D eigenvalue weighted by Gasteiger charge is 2.29. The first-order valence-electron chi connectivity index (χ1n) is 9.55. The Kier molecular flexibility index (Phi) is 6.05. The van der Waals surface area contributed by atoms with E-state index >= 15 is 0 Å². The Hall–Kier alpha value is -2.52. The molecule has 148 valence electrons. The van der Waals surface area contributed by atoms with Crippen molar-refractivity contribution in [3.05, 3.63) is 82.1 Å². The average molecular weight is 426 g/mol. The lowest BCUT2D eigenvalue weighted by molar-refractivity contribution is 0.213. The van der Waals surface area contributed by atoms with Gasteiger partial charge in [0, 0.05) is 43.6 Å². The van der Waals surface area contributed by atoms with Gasteiger partial charge in [-0.2, -0.15) is 10.4 Å². The van der Waals surface area contributed by atoms with E-state index in [0.717, 1.165) is 43.4 Å². The van der Waals surface area contributed by atoms with Gasteiger partial charge >= 0.3 is 0 Å². The SMILES string of the molecule is N#Cc1ccc(N2CCN(CCn3cccn3)C[C@H]2c2ccc(Cl)cc2)c(Cl)c1. The molecule has 0 radical (unpaired) electrons. The van der Waals surface area contributed by atoms with Gasteiger partial charge in [-0.3, -0.25) is 9.58 Å². The van der Waals surface area contributed by atoms with Crippen LogP contribution in [0.4, 0.5) is 5.69 Å². The van der Waals surface area contributed by atoms with Crippen LogP contribution >= 0.6 is 23.2 Å². The van der Waals surface area contributed by atoms with Crippen LogP contribution in [-0.4, -0.2) is 40.9 Å². The van der Waals surface area contributed by atoms with E-state index in [9.17, 15) is 0 Å². The maximum Gasteiger partial charge on any atom is 0.0992 e. The Balaban J connectivity index is 1.58. The first kappa shape index (κ1) is 19.8. The maximum absolute atomic E-state index is 9.14. The van der Waals surface area contributed by atoms with E-state index in [1.165, 1.54) is 5.56 Å². The fourth-order valence-electron chi connectivity index (χ4n) is 3.79. The first-order chi connectivity index (χ1) is 14.1. The third kappa shape index (κ3) is 4.56. The van der Waals surface area contributed by atoms with Crippen molar-refractivity contribution >= 4 is 28.9 Å². The fourth-order valence-corrected chi connectivity index (χ4v) is 4.20. The zero-order chi connectivity index (χ0) is 20.2. The van der Waals surface area contributed by atoms with Crippen molar-refractivity contribution < 1.29 is 0 Å². The molecule has 1 aliphatic rings. The third-order valence-corrected chi connectivity index (χ3v) is 5.86. The summed E-state index contributed by atoms with van der Waals surface area (Å²) in [5.74, 6) is 0. The second kappa shape index (κ2) is 8.87. The number of nitriles is 1. The molecule has 4 rings (SSSR count). The number of benzene rings is 2. The molecule has 0 bridgehead atoms. The molecule has 0 amide bonds. The second-order valence-corrected chi connectivity index (χ2v) is 7.95. The van der Waals surface area contributed by atoms with E-state index in [1.807, 2.05) is 41.2 Å². The van der Waals surface area contributed by atoms with Crippen molar-refractivity contribution in [3.63, 3.8) is 0 Å². The minimum absolute atomic E-state index is 0.143. The molecule has 2 aromatic carbocycles. The summed E-state index contributed by atoms with van der Waals surface area (Å²) in [5.41, 5.74) is 2.72. The summed E-state index contributed by atoms with van der Waals surface area (Å²) in [7, 11) is 0. The molecule has 0 aliphatic carbocycles. The molecule has 3 aromatic rings. The van der Waals surface area contributed by atoms with Crippen LogP contribution in [0.1, 0.15) is 17.2 Å². The van der Waals surface area contributed by atoms with E-state index in [-0.39, 0.29) is 6.04 Å². The van der Waals surface area contributed by atoms with E-state index in [1.54, 1.807) is 12.3 Å². The highest BCUT2D eigenvalue weighted by Crippen LogP contribution is 2.36. The van der Waals surface area contributed by atoms with Crippen molar-refractivity contribution in [2.24, 2.45) is 0 Å². The monoisotopic (exact) mass is 425 g/mol. The number of nitrogens with zero attached hydrogens (tertiary/aromatic N) is 5. The molecule has 5 nitrogen and oxygen atoms in total. The summed E-state index contributed by atoms with van der Waals surface area (Å²) >= 11 is 12.7. The van der Waals surface area contributed by atoms with Gasteiger partial charge in [0.05, 0.1) is 34.9 Å². The van der Waals surface area contributed by atoms with Crippen molar-refractivity contribution in [1.82, 2.24) is 14.7 Å². The van der Waals surface area contributed by atoms with Crippen LogP contribution in [0.2, 0.25) is 10.0 Å². The van der Waals surface area contributed by atoms with Crippen LogP contribution in [0.25, 0.3) is 0 Å². The van der Waals surface area contributed by atoms with Gasteiger partial charge in [-0.15, -0.1) is 0 Å². The summed E-state index contributed by atoms with van der Waals surface area (Å²) in [6.45, 7) is 4.44. The Bertz CT molecular complexity index is 995. The molecule has 0 saturated carbocycles. The van der Waals surface area contributed by atoms with Crippen molar-refractivity contribution in [3.8, 4) is 6.07 Å². The van der Waals surface area contributed by atoms with Crippen LogP contribution in [0.3, 0.4) is 0 Å². The topological polar surface area (TPSA) is 48.1 Å². The minimum atomic E-state index is 0.143. The Morgan fingerprint density at radius 2 is 1.90 bits per heavy atom. The summed E-state index contributed by atoms with van der Waals surface area (Å²) in [6, 6.07) is 17.8. The zero-order valence-corrected chi connectivity index (χ0v) is 17.4. The van der Waals surface area contributed by atoms with Crippen LogP contribution in [0.5, 0.6) is 0 Å². The molecule has 1 aromatic heterocycles. The normalized spacial score (nSPS) is 17.3. The summed E-state index contributed by atoms with van der Waals surface area (Å²) in [6.07, 6.45) is 3.80. The molecule has 7 heteroatoms. The number of anilines is 1. The van der Waals surface area contributed by atoms with E-state index in [2.05, 4.69) is 33.1 Å². The van der Waals surface area contributed by atoms with Crippen molar-refractivity contribution in [2.75, 3.05) is 31.1 Å². The third-order valence-electron chi connectivity index (χ3n) is 5.31. The summed E-state index contributed by atoms with van der Waals surface area (Å²) in [4.78, 5) is 4.78. The molecule has 0 N–H and O–H groups in total. The maximum atomic E-state index is 9.14. The van der Waals surface area contributed by atoms with E-state index < -0.39 is 0 Å². The predicted octanol–water partition coefficient (Wildman–Crippen LogP) is 4.63. The number of rotatable bonds is 5. The average Bonchev–Trinajstić information content (AvgIpc) is 3.26. The van der Waals surface area contributed by atoms with Gasteiger partial charge < -0.3 is 4.90 Å². The van der Waals surface area contributed by atoms with Crippen LogP contribution < -0.4 is 4.90 Å². The molecular weight excluding hydrogens is 405 g/mol. The highest BCUT2D eigenvalue weighted by atomic mass is 35.5. The minimum Gasteiger partial charge on any atom is -0.361 e. The lowest BCUT2D eigenvalue weighted by Crippen LogP contribution is -2.49. The van der Waals surface area contributed by atoms with Gasteiger partial charge in [0.2, 0.25) is 0 Å². The van der Waals surface area contributed by atoms with Gasteiger partial charge in [-0.1, -0.05) is 35.3 Å². The molecule has 1 aliphatic heterocycles. The Morgan fingerprint density at radius 3 is 2.59 bits per heavy atom. The Labute approximate surface area is 180 Å². The van der Waals surface area contributed by atoms with E-state index in [0.29, 0.717) is 10.6 Å². The molecule has 29 heavy (non-hydrogen) atoms.